The summed E-state index contributed by atoms with van der Waals surface area (Å²) in [6.45, 7) is 0. The predicted molar refractivity (Wildman–Crippen MR) is 66.6 cm³/mol. The van der Waals surface area contributed by atoms with Crippen molar-refractivity contribution in [1.82, 2.24) is 0 Å². The second-order valence-corrected chi connectivity index (χ2v) is 27.7. The van der Waals surface area contributed by atoms with Gasteiger partial charge in [0.15, 0.2) is 0 Å². The molecule has 0 radical (unpaired) electrons. The quantitative estimate of drug-likeness (QED) is 0.512. The maximum absolute atomic E-state index is 3.78. The number of hydrogen-bond donors (Lipinski definition) is 0. The second-order valence-electron chi connectivity index (χ2n) is 2.47. The summed E-state index contributed by atoms with van der Waals surface area (Å²) in [7, 11) is 0. The number of halogens is 3. The van der Waals surface area contributed by atoms with Crippen molar-refractivity contribution in [3.8, 4) is 0 Å². The third-order valence-electron chi connectivity index (χ3n) is 1.69. The minimum absolute atomic E-state index is 1.22. The van der Waals surface area contributed by atoms with Gasteiger partial charge in [-0.15, -0.1) is 0 Å². The number of hydrogen-bond acceptors (Lipinski definition) is 0. The fraction of sp³-hybridized carbons (Fsp3) is 0. The van der Waals surface area contributed by atoms with Gasteiger partial charge in [-0.1, -0.05) is 0 Å². The van der Waals surface area contributed by atoms with Crippen LogP contribution in [0.3, 0.4) is 0 Å². The van der Waals surface area contributed by atoms with Crippen LogP contribution in [0.25, 0.3) is 4.48 Å². The summed E-state index contributed by atoms with van der Waals surface area (Å²) in [6.07, 6.45) is 0. The van der Waals surface area contributed by atoms with E-state index in [1.54, 1.807) is 0 Å². The van der Waals surface area contributed by atoms with Crippen molar-refractivity contribution in [2.45, 2.75) is 0 Å². The van der Waals surface area contributed by atoms with E-state index in [2.05, 4.69) is 69.8 Å². The predicted octanol–water partition coefficient (Wildman–Crippen LogP) is 3.41. The molecule has 0 nitrogen and oxygen atoms in total. The Morgan fingerprint density at radius 3 is 2.42 bits per heavy atom. The standard InChI is InChI=1S/C8H5Br3Te/c9-7-5-12(10,11)8-4-2-1-3-6(7)8/h1-5H. The van der Waals surface area contributed by atoms with Crippen molar-refractivity contribution >= 4 is 63.3 Å². The molecular formula is C8H5Br3Te. The van der Waals surface area contributed by atoms with E-state index in [0.717, 1.165) is 0 Å². The van der Waals surface area contributed by atoms with Crippen LogP contribution >= 0.6 is 41.4 Å². The molecule has 0 saturated heterocycles. The van der Waals surface area contributed by atoms with Gasteiger partial charge in [0.2, 0.25) is 0 Å². The Morgan fingerprint density at radius 1 is 1.08 bits per heavy atom. The molecule has 0 bridgehead atoms. The Hall–Kier alpha value is 1.19. The molecule has 0 unspecified atom stereocenters. The first-order valence-electron chi connectivity index (χ1n) is 3.30. The van der Waals surface area contributed by atoms with Crippen LogP contribution in [-0.4, -0.2) is 13.8 Å². The zero-order valence-corrected chi connectivity index (χ0v) is 13.0. The van der Waals surface area contributed by atoms with Gasteiger partial charge in [0.05, 0.1) is 0 Å². The third kappa shape index (κ3) is 1.57. The number of benzene rings is 1. The molecule has 4 heteroatoms. The molecule has 1 aliphatic rings. The molecule has 2 rings (SSSR count). The van der Waals surface area contributed by atoms with Crippen molar-refractivity contribution in [2.24, 2.45) is 0 Å². The summed E-state index contributed by atoms with van der Waals surface area (Å²) in [5.41, 5.74) is 1.33. The first-order chi connectivity index (χ1) is 5.61. The fourth-order valence-electron chi connectivity index (χ4n) is 1.16. The molecule has 1 heterocycles. The molecule has 0 fully saturated rings. The molecular weight excluding hydrogens is 463 g/mol. The van der Waals surface area contributed by atoms with Crippen molar-refractivity contribution in [3.05, 3.63) is 34.0 Å². The van der Waals surface area contributed by atoms with Crippen LogP contribution in [-0.2, 0) is 0 Å². The van der Waals surface area contributed by atoms with Crippen molar-refractivity contribution < 1.29 is 0 Å². The average molecular weight is 468 g/mol. The van der Waals surface area contributed by atoms with E-state index in [1.165, 1.54) is 13.7 Å². The van der Waals surface area contributed by atoms with Gasteiger partial charge >= 0.3 is 97.3 Å². The third-order valence-corrected chi connectivity index (χ3v) is 14.7. The molecule has 64 valence electrons. The van der Waals surface area contributed by atoms with Crippen molar-refractivity contribution in [3.63, 3.8) is 0 Å². The normalized spacial score (nSPS) is 21.4. The van der Waals surface area contributed by atoms with E-state index in [-0.39, 0.29) is 0 Å². The Labute approximate surface area is 96.0 Å². The van der Waals surface area contributed by atoms with E-state index in [9.17, 15) is 0 Å². The zero-order chi connectivity index (χ0) is 8.77. The van der Waals surface area contributed by atoms with E-state index in [4.69, 9.17) is 0 Å². The summed E-state index contributed by atoms with van der Waals surface area (Å²) in [5, 5.41) is 0. The summed E-state index contributed by atoms with van der Waals surface area (Å²) in [5.74, 6) is 0. The Balaban J connectivity index is 2.68. The van der Waals surface area contributed by atoms with Gasteiger partial charge < -0.3 is 0 Å². The Bertz CT molecular complexity index is 357. The van der Waals surface area contributed by atoms with Crippen molar-refractivity contribution in [2.75, 3.05) is 0 Å². The Kier molecular flexibility index (Phi) is 2.76. The number of fused-ring (bicyclic) bond motifs is 1. The summed E-state index contributed by atoms with van der Waals surface area (Å²) in [6, 6.07) is 8.48. The summed E-state index contributed by atoms with van der Waals surface area (Å²) in [4.78, 5) is 0. The van der Waals surface area contributed by atoms with Gasteiger partial charge in [0.25, 0.3) is 0 Å². The SMILES string of the molecule is BrC1=C[Te](Br)(Br)c2ccccc21. The molecule has 1 aromatic carbocycles. The van der Waals surface area contributed by atoms with E-state index < -0.39 is 13.8 Å². The first-order valence-corrected chi connectivity index (χ1v) is 17.1. The monoisotopic (exact) mass is 468 g/mol. The van der Waals surface area contributed by atoms with Crippen LogP contribution in [0, 0.1) is 0 Å². The molecule has 0 amide bonds. The van der Waals surface area contributed by atoms with E-state index >= 15 is 0 Å². The topological polar surface area (TPSA) is 0 Å². The van der Waals surface area contributed by atoms with Gasteiger partial charge in [0.1, 0.15) is 0 Å². The second kappa shape index (κ2) is 3.40. The molecule has 0 aliphatic carbocycles. The zero-order valence-electron chi connectivity index (χ0n) is 5.93. The molecule has 0 atom stereocenters. The van der Waals surface area contributed by atoms with E-state index in [0.29, 0.717) is 0 Å². The molecule has 12 heavy (non-hydrogen) atoms. The summed E-state index contributed by atoms with van der Waals surface area (Å²) >= 11 is 8.99. The van der Waals surface area contributed by atoms with E-state index in [1.807, 2.05) is 0 Å². The molecule has 0 spiro atoms. The van der Waals surface area contributed by atoms with Gasteiger partial charge in [0, 0.05) is 0 Å². The van der Waals surface area contributed by atoms with Gasteiger partial charge in [-0.2, -0.15) is 0 Å². The Morgan fingerprint density at radius 2 is 1.75 bits per heavy atom. The minimum atomic E-state index is -2.13. The molecule has 1 aromatic rings. The number of rotatable bonds is 0. The van der Waals surface area contributed by atoms with Crippen LogP contribution in [0.2, 0.25) is 0 Å². The van der Waals surface area contributed by atoms with Gasteiger partial charge in [-0.05, 0) is 0 Å². The maximum atomic E-state index is 3.78. The van der Waals surface area contributed by atoms with Crippen LogP contribution in [0.1, 0.15) is 5.56 Å². The molecule has 0 aromatic heterocycles. The van der Waals surface area contributed by atoms with Crippen LogP contribution in [0.15, 0.2) is 28.4 Å². The van der Waals surface area contributed by atoms with Crippen LogP contribution in [0.4, 0.5) is 0 Å². The molecule has 0 saturated carbocycles. The first kappa shape index (κ1) is 9.73. The van der Waals surface area contributed by atoms with Crippen LogP contribution < -0.4 is 3.61 Å². The fourth-order valence-corrected chi connectivity index (χ4v) is 17.0. The van der Waals surface area contributed by atoms with Crippen molar-refractivity contribution in [1.29, 1.82) is 0 Å². The van der Waals surface area contributed by atoms with Crippen LogP contribution in [0.5, 0.6) is 0 Å². The average Bonchev–Trinajstić information content (AvgIpc) is 2.25. The molecule has 0 N–H and O–H groups in total. The summed E-state index contributed by atoms with van der Waals surface area (Å²) < 4.78 is 4.94. The van der Waals surface area contributed by atoms with Gasteiger partial charge in [-0.3, -0.25) is 0 Å². The van der Waals surface area contributed by atoms with Gasteiger partial charge in [-0.25, -0.2) is 0 Å². The molecule has 1 aliphatic heterocycles.